The molecule has 2 aromatic heterocycles. The predicted octanol–water partition coefficient (Wildman–Crippen LogP) is 2.80. The van der Waals surface area contributed by atoms with Crippen LogP contribution in [-0.4, -0.2) is 55.4 Å². The van der Waals surface area contributed by atoms with Crippen LogP contribution in [-0.2, 0) is 13.0 Å². The maximum atomic E-state index is 11.5. The highest BCUT2D eigenvalue weighted by Gasteiger charge is 2.26. The number of hydrogen-bond donors (Lipinski definition) is 0. The monoisotopic (exact) mass is 405 g/mol. The van der Waals surface area contributed by atoms with Gasteiger partial charge in [-0.15, -0.1) is 10.2 Å². The van der Waals surface area contributed by atoms with Crippen LogP contribution in [0.3, 0.4) is 0 Å². The minimum Gasteiger partial charge on any atom is -0.306 e. The summed E-state index contributed by atoms with van der Waals surface area (Å²) in [7, 11) is 4.10. The third kappa shape index (κ3) is 3.59. The molecule has 0 aliphatic carbocycles. The molecule has 9 heteroatoms. The van der Waals surface area contributed by atoms with Crippen molar-refractivity contribution in [2.45, 2.75) is 32.4 Å². The summed E-state index contributed by atoms with van der Waals surface area (Å²) in [6.45, 7) is 2.46. The number of hydrogen-bond acceptors (Lipinski definition) is 7. The average molecular weight is 405 g/mol. The number of pyridine rings is 1. The van der Waals surface area contributed by atoms with Gasteiger partial charge in [0.05, 0.1) is 22.0 Å². The molecule has 1 atom stereocenters. The van der Waals surface area contributed by atoms with Crippen LogP contribution in [0.5, 0.6) is 0 Å². The summed E-state index contributed by atoms with van der Waals surface area (Å²) in [5.41, 5.74) is 2.73. The molecule has 154 valence electrons. The van der Waals surface area contributed by atoms with E-state index in [1.165, 1.54) is 6.07 Å². The number of fused-ring (bicyclic) bond motifs is 3. The molecule has 3 aromatic rings. The first-order chi connectivity index (χ1) is 14.5. The number of nitrogens with zero attached hydrogens (tertiary/aromatic N) is 7. The van der Waals surface area contributed by atoms with E-state index in [2.05, 4.69) is 27.0 Å². The van der Waals surface area contributed by atoms with Gasteiger partial charge in [-0.05, 0) is 38.7 Å². The second kappa shape index (κ2) is 8.11. The van der Waals surface area contributed by atoms with Crippen LogP contribution in [0.1, 0.15) is 36.3 Å². The van der Waals surface area contributed by atoms with Crippen molar-refractivity contribution in [2.75, 3.05) is 14.1 Å². The zero-order valence-corrected chi connectivity index (χ0v) is 17.2. The summed E-state index contributed by atoms with van der Waals surface area (Å²) in [5.74, 6) is 1.53. The molecule has 0 saturated heterocycles. The number of likely N-dealkylation sites (N-methyl/N-ethyl adjacent to an activating group) is 1. The SMILES string of the molecule is CCC(Cc1nnc2n1-c1ccc([N+](=O)[O-])cc1C(c1ccccn1)=NC2)N(C)C. The van der Waals surface area contributed by atoms with E-state index in [0.29, 0.717) is 41.8 Å². The Morgan fingerprint density at radius 1 is 1.23 bits per heavy atom. The van der Waals surface area contributed by atoms with E-state index < -0.39 is 4.92 Å². The van der Waals surface area contributed by atoms with Crippen LogP contribution in [0.4, 0.5) is 5.69 Å². The van der Waals surface area contributed by atoms with Gasteiger partial charge in [0, 0.05) is 36.4 Å². The molecule has 3 heterocycles. The van der Waals surface area contributed by atoms with Crippen molar-refractivity contribution in [1.82, 2.24) is 24.6 Å². The molecule has 1 aliphatic rings. The van der Waals surface area contributed by atoms with Gasteiger partial charge in [-0.2, -0.15) is 0 Å². The minimum atomic E-state index is -0.394. The summed E-state index contributed by atoms with van der Waals surface area (Å²) in [5, 5.41) is 20.3. The zero-order chi connectivity index (χ0) is 21.3. The summed E-state index contributed by atoms with van der Waals surface area (Å²) in [6.07, 6.45) is 3.37. The molecule has 4 rings (SSSR count). The van der Waals surface area contributed by atoms with Gasteiger partial charge in [-0.3, -0.25) is 24.7 Å². The first-order valence-electron chi connectivity index (χ1n) is 9.84. The number of aromatic nitrogens is 4. The molecule has 0 fully saturated rings. The van der Waals surface area contributed by atoms with E-state index in [1.807, 2.05) is 36.9 Å². The summed E-state index contributed by atoms with van der Waals surface area (Å²) < 4.78 is 1.99. The lowest BCUT2D eigenvalue weighted by molar-refractivity contribution is -0.384. The van der Waals surface area contributed by atoms with Crippen LogP contribution in [0.2, 0.25) is 0 Å². The van der Waals surface area contributed by atoms with Crippen molar-refractivity contribution in [1.29, 1.82) is 0 Å². The lowest BCUT2D eigenvalue weighted by Gasteiger charge is -2.23. The normalized spacial score (nSPS) is 13.9. The third-order valence-corrected chi connectivity index (χ3v) is 5.39. The highest BCUT2D eigenvalue weighted by Crippen LogP contribution is 2.29. The largest absolute Gasteiger partial charge is 0.306 e. The molecule has 0 saturated carbocycles. The molecule has 30 heavy (non-hydrogen) atoms. The highest BCUT2D eigenvalue weighted by atomic mass is 16.6. The molecule has 0 N–H and O–H groups in total. The number of benzene rings is 1. The van der Waals surface area contributed by atoms with Gasteiger partial charge in [0.2, 0.25) is 0 Å². The molecule has 0 radical (unpaired) electrons. The van der Waals surface area contributed by atoms with Gasteiger partial charge < -0.3 is 4.90 Å². The van der Waals surface area contributed by atoms with Gasteiger partial charge in [-0.25, -0.2) is 0 Å². The molecule has 0 spiro atoms. The lowest BCUT2D eigenvalue weighted by Crippen LogP contribution is -2.30. The first kappa shape index (κ1) is 19.8. The Morgan fingerprint density at radius 3 is 2.73 bits per heavy atom. The summed E-state index contributed by atoms with van der Waals surface area (Å²) in [4.78, 5) is 22.4. The van der Waals surface area contributed by atoms with E-state index in [-0.39, 0.29) is 5.69 Å². The third-order valence-electron chi connectivity index (χ3n) is 5.39. The number of nitro groups is 1. The van der Waals surface area contributed by atoms with Crippen molar-refractivity contribution >= 4 is 11.4 Å². The summed E-state index contributed by atoms with van der Waals surface area (Å²) in [6, 6.07) is 10.7. The van der Waals surface area contributed by atoms with Gasteiger partial charge in [0.15, 0.2) is 5.82 Å². The van der Waals surface area contributed by atoms with E-state index in [0.717, 1.165) is 17.9 Å². The molecule has 1 aliphatic heterocycles. The van der Waals surface area contributed by atoms with Crippen molar-refractivity contribution < 1.29 is 4.92 Å². The Kier molecular flexibility index (Phi) is 5.37. The van der Waals surface area contributed by atoms with Crippen LogP contribution in [0, 0.1) is 10.1 Å². The fourth-order valence-electron chi connectivity index (χ4n) is 3.75. The van der Waals surface area contributed by atoms with Crippen LogP contribution in [0.15, 0.2) is 47.6 Å². The standard InChI is InChI=1S/C21H23N7O2/c1-4-14(26(2)3)12-19-24-25-20-13-23-21(17-7-5-6-10-22-17)16-11-15(28(29)30)8-9-18(16)27(19)20/h5-11,14H,4,12-13H2,1-3H3. The second-order valence-electron chi connectivity index (χ2n) is 7.44. The van der Waals surface area contributed by atoms with Gasteiger partial charge in [0.25, 0.3) is 5.69 Å². The predicted molar refractivity (Wildman–Crippen MR) is 113 cm³/mol. The number of aliphatic imine (C=N–C) groups is 1. The van der Waals surface area contributed by atoms with Crippen molar-refractivity contribution in [3.8, 4) is 5.69 Å². The molecule has 1 unspecified atom stereocenters. The van der Waals surface area contributed by atoms with E-state index in [9.17, 15) is 10.1 Å². The first-order valence-corrected chi connectivity index (χ1v) is 9.84. The lowest BCUT2D eigenvalue weighted by atomic mass is 10.0. The smallest absolute Gasteiger partial charge is 0.270 e. The fourth-order valence-corrected chi connectivity index (χ4v) is 3.75. The van der Waals surface area contributed by atoms with Crippen LogP contribution in [0.25, 0.3) is 5.69 Å². The molecule has 0 amide bonds. The maximum Gasteiger partial charge on any atom is 0.270 e. The van der Waals surface area contributed by atoms with E-state index in [1.54, 1.807) is 18.3 Å². The van der Waals surface area contributed by atoms with Gasteiger partial charge in [-0.1, -0.05) is 13.0 Å². The maximum absolute atomic E-state index is 11.5. The molecule has 9 nitrogen and oxygen atoms in total. The Bertz CT molecular complexity index is 1110. The summed E-state index contributed by atoms with van der Waals surface area (Å²) >= 11 is 0. The topological polar surface area (TPSA) is 102 Å². The fraction of sp³-hybridized carbons (Fsp3) is 0.333. The average Bonchev–Trinajstić information content (AvgIpc) is 3.06. The molecule has 1 aromatic carbocycles. The number of non-ortho nitro benzene ring substituents is 1. The highest BCUT2D eigenvalue weighted by molar-refractivity contribution is 6.14. The number of nitro benzene ring substituents is 1. The molecular weight excluding hydrogens is 382 g/mol. The van der Waals surface area contributed by atoms with Gasteiger partial charge >= 0.3 is 0 Å². The molecular formula is C21H23N7O2. The van der Waals surface area contributed by atoms with Crippen molar-refractivity contribution in [3.63, 3.8) is 0 Å². The van der Waals surface area contributed by atoms with Gasteiger partial charge in [0.1, 0.15) is 12.4 Å². The Hall–Kier alpha value is -3.46. The zero-order valence-electron chi connectivity index (χ0n) is 17.2. The van der Waals surface area contributed by atoms with E-state index in [4.69, 9.17) is 4.99 Å². The Balaban J connectivity index is 1.89. The Labute approximate surface area is 174 Å². The van der Waals surface area contributed by atoms with Crippen LogP contribution >= 0.6 is 0 Å². The Morgan fingerprint density at radius 2 is 2.07 bits per heavy atom. The van der Waals surface area contributed by atoms with Crippen molar-refractivity contribution in [2.24, 2.45) is 4.99 Å². The van der Waals surface area contributed by atoms with Crippen LogP contribution < -0.4 is 0 Å². The number of rotatable bonds is 6. The van der Waals surface area contributed by atoms with Crippen molar-refractivity contribution in [3.05, 3.63) is 75.6 Å². The molecule has 0 bridgehead atoms. The quantitative estimate of drug-likeness (QED) is 0.462. The van der Waals surface area contributed by atoms with E-state index >= 15 is 0 Å². The minimum absolute atomic E-state index is 0.00943. The second-order valence-corrected chi connectivity index (χ2v) is 7.44.